The van der Waals surface area contributed by atoms with E-state index in [1.807, 2.05) is 24.3 Å². The van der Waals surface area contributed by atoms with Gasteiger partial charge in [0.05, 0.1) is 6.54 Å². The van der Waals surface area contributed by atoms with E-state index in [0.717, 1.165) is 11.3 Å². The standard InChI is InChI=1S/C15H16N2O3/c1-2-7-17(10-15(19)20)14(18)8-11-9-16-13-6-4-3-5-12(11)13/h1,3-6,11,16H,7-10H2,(H,19,20). The van der Waals surface area contributed by atoms with E-state index < -0.39 is 5.97 Å². The van der Waals surface area contributed by atoms with E-state index in [1.165, 1.54) is 4.90 Å². The number of hydrogen-bond acceptors (Lipinski definition) is 3. The van der Waals surface area contributed by atoms with E-state index in [9.17, 15) is 9.59 Å². The maximum atomic E-state index is 12.2. The Balaban J connectivity index is 2.04. The van der Waals surface area contributed by atoms with Crippen molar-refractivity contribution in [3.8, 4) is 12.3 Å². The van der Waals surface area contributed by atoms with Crippen LogP contribution >= 0.6 is 0 Å². The lowest BCUT2D eigenvalue weighted by Gasteiger charge is -2.20. The first kappa shape index (κ1) is 13.9. The van der Waals surface area contributed by atoms with Gasteiger partial charge in [-0.1, -0.05) is 24.1 Å². The van der Waals surface area contributed by atoms with Crippen molar-refractivity contribution in [1.29, 1.82) is 0 Å². The molecule has 1 aromatic rings. The van der Waals surface area contributed by atoms with Crippen molar-refractivity contribution in [3.05, 3.63) is 29.8 Å². The van der Waals surface area contributed by atoms with Crippen LogP contribution in [0, 0.1) is 12.3 Å². The predicted octanol–water partition coefficient (Wildman–Crippen LogP) is 1.13. The molecule has 1 aliphatic rings. The van der Waals surface area contributed by atoms with Crippen molar-refractivity contribution in [2.75, 3.05) is 25.0 Å². The van der Waals surface area contributed by atoms with Gasteiger partial charge in [-0.15, -0.1) is 6.42 Å². The Labute approximate surface area is 117 Å². The lowest BCUT2D eigenvalue weighted by Crippen LogP contribution is -2.36. The fourth-order valence-corrected chi connectivity index (χ4v) is 2.38. The molecule has 1 atom stereocenters. The van der Waals surface area contributed by atoms with E-state index in [2.05, 4.69) is 11.2 Å². The van der Waals surface area contributed by atoms with Crippen molar-refractivity contribution in [2.24, 2.45) is 0 Å². The van der Waals surface area contributed by atoms with Crippen LogP contribution in [0.25, 0.3) is 0 Å². The van der Waals surface area contributed by atoms with Crippen molar-refractivity contribution in [3.63, 3.8) is 0 Å². The largest absolute Gasteiger partial charge is 0.480 e. The first-order valence-corrected chi connectivity index (χ1v) is 6.37. The number of fused-ring (bicyclic) bond motifs is 1. The van der Waals surface area contributed by atoms with Crippen LogP contribution in [0.3, 0.4) is 0 Å². The highest BCUT2D eigenvalue weighted by Crippen LogP contribution is 2.33. The van der Waals surface area contributed by atoms with Gasteiger partial charge >= 0.3 is 5.97 Å². The quantitative estimate of drug-likeness (QED) is 0.788. The second kappa shape index (κ2) is 6.11. The van der Waals surface area contributed by atoms with Gasteiger partial charge < -0.3 is 15.3 Å². The number of carbonyl (C=O) groups is 2. The SMILES string of the molecule is C#CCN(CC(=O)O)C(=O)CC1CNc2ccccc21. The molecule has 0 aromatic heterocycles. The van der Waals surface area contributed by atoms with E-state index >= 15 is 0 Å². The minimum absolute atomic E-state index is 0.0208. The normalized spacial score (nSPS) is 15.8. The monoisotopic (exact) mass is 272 g/mol. The average Bonchev–Trinajstić information content (AvgIpc) is 2.81. The number of hydrogen-bond donors (Lipinski definition) is 2. The molecule has 20 heavy (non-hydrogen) atoms. The summed E-state index contributed by atoms with van der Waals surface area (Å²) in [7, 11) is 0. The molecule has 104 valence electrons. The van der Waals surface area contributed by atoms with E-state index in [4.69, 9.17) is 11.5 Å². The molecule has 0 saturated carbocycles. The molecular formula is C15H16N2O3. The summed E-state index contributed by atoms with van der Waals surface area (Å²) in [4.78, 5) is 24.1. The Morgan fingerprint density at radius 3 is 2.90 bits per heavy atom. The van der Waals surface area contributed by atoms with Crippen molar-refractivity contribution in [1.82, 2.24) is 4.90 Å². The third-order valence-electron chi connectivity index (χ3n) is 3.32. The summed E-state index contributed by atoms with van der Waals surface area (Å²) in [5, 5.41) is 12.0. The molecule has 1 heterocycles. The zero-order chi connectivity index (χ0) is 14.5. The average molecular weight is 272 g/mol. The number of rotatable bonds is 5. The van der Waals surface area contributed by atoms with Crippen LogP contribution < -0.4 is 5.32 Å². The first-order chi connectivity index (χ1) is 9.61. The molecule has 0 bridgehead atoms. The number of terminal acetylenes is 1. The number of aliphatic carboxylic acids is 1. The van der Waals surface area contributed by atoms with Gasteiger partial charge in [-0.3, -0.25) is 9.59 Å². The van der Waals surface area contributed by atoms with Crippen LogP contribution in [0.2, 0.25) is 0 Å². The molecule has 1 amide bonds. The van der Waals surface area contributed by atoms with Crippen LogP contribution in [0.5, 0.6) is 0 Å². The number of nitrogens with one attached hydrogen (secondary N) is 1. The van der Waals surface area contributed by atoms with Gasteiger partial charge in [-0.25, -0.2) is 0 Å². The highest BCUT2D eigenvalue weighted by Gasteiger charge is 2.26. The Morgan fingerprint density at radius 1 is 1.45 bits per heavy atom. The molecule has 0 fully saturated rings. The fraction of sp³-hybridized carbons (Fsp3) is 0.333. The van der Waals surface area contributed by atoms with E-state index in [1.54, 1.807) is 0 Å². The van der Waals surface area contributed by atoms with Crippen molar-refractivity contribution < 1.29 is 14.7 Å². The number of carboxylic acid groups (broad SMARTS) is 1. The third kappa shape index (κ3) is 3.09. The zero-order valence-electron chi connectivity index (χ0n) is 11.0. The van der Waals surface area contributed by atoms with Gasteiger partial charge in [0.2, 0.25) is 5.91 Å². The molecule has 1 unspecified atom stereocenters. The molecule has 0 saturated heterocycles. The lowest BCUT2D eigenvalue weighted by atomic mass is 9.97. The molecule has 2 rings (SSSR count). The maximum absolute atomic E-state index is 12.2. The second-order valence-corrected chi connectivity index (χ2v) is 4.72. The number of carbonyl (C=O) groups excluding carboxylic acids is 1. The number of nitrogens with zero attached hydrogens (tertiary/aromatic N) is 1. The molecule has 5 nitrogen and oxygen atoms in total. The smallest absolute Gasteiger partial charge is 0.323 e. The van der Waals surface area contributed by atoms with Gasteiger partial charge in [0.25, 0.3) is 0 Å². The fourth-order valence-electron chi connectivity index (χ4n) is 2.38. The minimum Gasteiger partial charge on any atom is -0.480 e. The summed E-state index contributed by atoms with van der Waals surface area (Å²) in [6, 6.07) is 7.82. The van der Waals surface area contributed by atoms with Gasteiger partial charge in [-0.2, -0.15) is 0 Å². The highest BCUT2D eigenvalue weighted by atomic mass is 16.4. The highest BCUT2D eigenvalue weighted by molar-refractivity contribution is 5.82. The summed E-state index contributed by atoms with van der Waals surface area (Å²) in [6.07, 6.45) is 5.44. The Hall–Kier alpha value is -2.48. The molecule has 0 aliphatic carbocycles. The molecule has 1 aliphatic heterocycles. The van der Waals surface area contributed by atoms with E-state index in [0.29, 0.717) is 6.54 Å². The second-order valence-electron chi connectivity index (χ2n) is 4.72. The van der Waals surface area contributed by atoms with Gasteiger partial charge in [0.1, 0.15) is 6.54 Å². The van der Waals surface area contributed by atoms with Gasteiger partial charge in [0, 0.05) is 24.6 Å². The third-order valence-corrected chi connectivity index (χ3v) is 3.32. The molecule has 0 radical (unpaired) electrons. The summed E-state index contributed by atoms with van der Waals surface area (Å²) in [6.45, 7) is 0.347. The summed E-state index contributed by atoms with van der Waals surface area (Å²) < 4.78 is 0. The van der Waals surface area contributed by atoms with Crippen molar-refractivity contribution >= 4 is 17.6 Å². The van der Waals surface area contributed by atoms with Crippen LogP contribution in [0.15, 0.2) is 24.3 Å². The van der Waals surface area contributed by atoms with Gasteiger partial charge in [-0.05, 0) is 11.6 Å². The Bertz CT molecular complexity index is 562. The van der Waals surface area contributed by atoms with Crippen LogP contribution in [-0.2, 0) is 9.59 Å². The van der Waals surface area contributed by atoms with Crippen LogP contribution in [0.4, 0.5) is 5.69 Å². The molecule has 0 spiro atoms. The lowest BCUT2D eigenvalue weighted by molar-refractivity contribution is -0.144. The van der Waals surface area contributed by atoms with Crippen molar-refractivity contribution in [2.45, 2.75) is 12.3 Å². The Morgan fingerprint density at radius 2 is 2.20 bits per heavy atom. The molecule has 2 N–H and O–H groups in total. The van der Waals surface area contributed by atoms with Gasteiger partial charge in [0.15, 0.2) is 0 Å². The number of anilines is 1. The molecule has 1 aromatic carbocycles. The summed E-state index contributed by atoms with van der Waals surface area (Å²) in [5.74, 6) is 1.10. The number of amides is 1. The summed E-state index contributed by atoms with van der Waals surface area (Å²) in [5.41, 5.74) is 2.13. The number of para-hydroxylation sites is 1. The topological polar surface area (TPSA) is 69.6 Å². The van der Waals surface area contributed by atoms with Crippen LogP contribution in [0.1, 0.15) is 17.9 Å². The van der Waals surface area contributed by atoms with E-state index in [-0.39, 0.29) is 31.3 Å². The Kier molecular flexibility index (Phi) is 4.26. The number of benzene rings is 1. The van der Waals surface area contributed by atoms with Crippen LogP contribution in [-0.4, -0.2) is 41.5 Å². The summed E-state index contributed by atoms with van der Waals surface area (Å²) >= 11 is 0. The predicted molar refractivity (Wildman–Crippen MR) is 75.3 cm³/mol. The minimum atomic E-state index is -1.06. The number of carboxylic acids is 1. The molecule has 5 heteroatoms. The molecular weight excluding hydrogens is 256 g/mol. The first-order valence-electron chi connectivity index (χ1n) is 6.37. The maximum Gasteiger partial charge on any atom is 0.323 e. The zero-order valence-corrected chi connectivity index (χ0v) is 11.0.